The van der Waals surface area contributed by atoms with Gasteiger partial charge in [-0.2, -0.15) is 0 Å². The standard InChI is InChI=1S/C28H24O9/c1-33-28-24(37-27(32)20-15-9-4-10-16-20)23(36-26(31)19-13-7-3-8-14-19)22(21(17-29)34-28)35-25(30)18-11-5-2-6-12-18/h2-16,21-23,29H,17H2,1H3. The molecule has 1 aliphatic rings. The second kappa shape index (κ2) is 11.9. The maximum atomic E-state index is 13.0. The molecule has 4 rings (SSSR count). The lowest BCUT2D eigenvalue weighted by molar-refractivity contribution is -0.148. The van der Waals surface area contributed by atoms with E-state index in [0.717, 1.165) is 0 Å². The summed E-state index contributed by atoms with van der Waals surface area (Å²) in [6.07, 6.45) is -4.08. The maximum absolute atomic E-state index is 13.0. The Morgan fingerprint density at radius 3 is 1.65 bits per heavy atom. The normalized spacial score (nSPS) is 18.8. The van der Waals surface area contributed by atoms with Crippen molar-refractivity contribution >= 4 is 17.9 Å². The number of carbonyl (C=O) groups is 3. The fourth-order valence-electron chi connectivity index (χ4n) is 3.63. The highest BCUT2D eigenvalue weighted by molar-refractivity contribution is 5.91. The van der Waals surface area contributed by atoms with Gasteiger partial charge in [-0.25, -0.2) is 14.4 Å². The van der Waals surface area contributed by atoms with Gasteiger partial charge >= 0.3 is 23.9 Å². The van der Waals surface area contributed by atoms with Gasteiger partial charge in [-0.15, -0.1) is 0 Å². The van der Waals surface area contributed by atoms with Crippen molar-refractivity contribution in [3.05, 3.63) is 119 Å². The summed E-state index contributed by atoms with van der Waals surface area (Å²) < 4.78 is 27.9. The van der Waals surface area contributed by atoms with Crippen molar-refractivity contribution < 1.29 is 43.2 Å². The second-order valence-corrected chi connectivity index (χ2v) is 7.88. The van der Waals surface area contributed by atoms with Crippen LogP contribution in [0.1, 0.15) is 31.1 Å². The van der Waals surface area contributed by atoms with Gasteiger partial charge in [0, 0.05) is 0 Å². The molecule has 0 saturated heterocycles. The molecular formula is C28H24O9. The first-order chi connectivity index (χ1) is 18.0. The molecule has 1 aliphatic heterocycles. The molecule has 3 aromatic rings. The molecule has 3 atom stereocenters. The van der Waals surface area contributed by atoms with E-state index in [1.165, 1.54) is 43.5 Å². The van der Waals surface area contributed by atoms with E-state index in [1.807, 2.05) is 0 Å². The Morgan fingerprint density at radius 2 is 1.19 bits per heavy atom. The molecule has 0 amide bonds. The van der Waals surface area contributed by atoms with Gasteiger partial charge in [0.2, 0.25) is 11.9 Å². The third-order valence-electron chi connectivity index (χ3n) is 5.46. The number of hydrogen-bond donors (Lipinski definition) is 1. The Bertz CT molecular complexity index is 1260. The molecule has 0 aromatic heterocycles. The molecular weight excluding hydrogens is 480 g/mol. The van der Waals surface area contributed by atoms with E-state index < -0.39 is 42.8 Å². The molecule has 1 heterocycles. The molecule has 0 fully saturated rings. The van der Waals surface area contributed by atoms with Crippen LogP contribution in [0.25, 0.3) is 0 Å². The van der Waals surface area contributed by atoms with Gasteiger partial charge in [-0.3, -0.25) is 0 Å². The molecule has 0 saturated carbocycles. The quantitative estimate of drug-likeness (QED) is 0.363. The predicted molar refractivity (Wildman–Crippen MR) is 129 cm³/mol. The molecule has 37 heavy (non-hydrogen) atoms. The number of benzene rings is 3. The van der Waals surface area contributed by atoms with E-state index in [1.54, 1.807) is 54.6 Å². The summed E-state index contributed by atoms with van der Waals surface area (Å²) in [6.45, 7) is -0.626. The molecule has 0 bridgehead atoms. The lowest BCUT2D eigenvalue weighted by Gasteiger charge is -2.37. The van der Waals surface area contributed by atoms with E-state index >= 15 is 0 Å². The van der Waals surface area contributed by atoms with E-state index in [0.29, 0.717) is 0 Å². The summed E-state index contributed by atoms with van der Waals surface area (Å²) in [6, 6.07) is 24.3. The smallest absolute Gasteiger partial charge is 0.343 e. The summed E-state index contributed by atoms with van der Waals surface area (Å²) in [5.41, 5.74) is 0.632. The maximum Gasteiger partial charge on any atom is 0.343 e. The van der Waals surface area contributed by atoms with Crippen LogP contribution < -0.4 is 0 Å². The van der Waals surface area contributed by atoms with Gasteiger partial charge in [-0.05, 0) is 36.4 Å². The third kappa shape index (κ3) is 5.96. The lowest BCUT2D eigenvalue weighted by Crippen LogP contribution is -2.51. The number of aliphatic hydroxyl groups is 1. The van der Waals surface area contributed by atoms with Crippen molar-refractivity contribution in [2.24, 2.45) is 0 Å². The van der Waals surface area contributed by atoms with Crippen LogP contribution in [0.5, 0.6) is 0 Å². The number of ether oxygens (including phenoxy) is 5. The van der Waals surface area contributed by atoms with Gasteiger partial charge in [0.25, 0.3) is 0 Å². The largest absolute Gasteiger partial charge is 0.466 e. The highest BCUT2D eigenvalue weighted by atomic mass is 16.7. The zero-order chi connectivity index (χ0) is 26.2. The molecule has 0 radical (unpaired) electrons. The van der Waals surface area contributed by atoms with E-state index in [2.05, 4.69) is 0 Å². The zero-order valence-electron chi connectivity index (χ0n) is 19.8. The van der Waals surface area contributed by atoms with E-state index in [4.69, 9.17) is 23.7 Å². The molecule has 9 heteroatoms. The van der Waals surface area contributed by atoms with Crippen molar-refractivity contribution in [1.82, 2.24) is 0 Å². The molecule has 0 aliphatic carbocycles. The van der Waals surface area contributed by atoms with Crippen LogP contribution in [0.15, 0.2) is 103 Å². The SMILES string of the molecule is COC1=C(OC(=O)c2ccccc2)C(OC(=O)c2ccccc2)C(OC(=O)c2ccccc2)C(CO)O1. The zero-order valence-corrected chi connectivity index (χ0v) is 19.8. The van der Waals surface area contributed by atoms with Crippen LogP contribution in [0.3, 0.4) is 0 Å². The Balaban J connectivity index is 1.72. The van der Waals surface area contributed by atoms with Crippen molar-refractivity contribution in [2.75, 3.05) is 13.7 Å². The van der Waals surface area contributed by atoms with Crippen LogP contribution in [0, 0.1) is 0 Å². The number of carbonyl (C=O) groups excluding carboxylic acids is 3. The van der Waals surface area contributed by atoms with E-state index in [-0.39, 0.29) is 28.4 Å². The molecule has 3 unspecified atom stereocenters. The average Bonchev–Trinajstić information content (AvgIpc) is 2.95. The molecule has 1 N–H and O–H groups in total. The Kier molecular flexibility index (Phi) is 8.17. The first-order valence-corrected chi connectivity index (χ1v) is 11.4. The Labute approximate surface area is 212 Å². The van der Waals surface area contributed by atoms with Gasteiger partial charge < -0.3 is 28.8 Å². The number of aliphatic hydroxyl groups excluding tert-OH is 1. The number of esters is 3. The van der Waals surface area contributed by atoms with Gasteiger partial charge in [-0.1, -0.05) is 54.6 Å². The van der Waals surface area contributed by atoms with Crippen molar-refractivity contribution in [1.29, 1.82) is 0 Å². The molecule has 0 spiro atoms. The average molecular weight is 504 g/mol. The van der Waals surface area contributed by atoms with Gasteiger partial charge in [0.05, 0.1) is 30.4 Å². The van der Waals surface area contributed by atoms with Crippen molar-refractivity contribution in [3.63, 3.8) is 0 Å². The predicted octanol–water partition coefficient (Wildman–Crippen LogP) is 3.50. The number of hydrogen-bond acceptors (Lipinski definition) is 9. The minimum Gasteiger partial charge on any atom is -0.466 e. The van der Waals surface area contributed by atoms with Crippen LogP contribution >= 0.6 is 0 Å². The van der Waals surface area contributed by atoms with Gasteiger partial charge in [0.1, 0.15) is 0 Å². The fraction of sp³-hybridized carbons (Fsp3) is 0.179. The molecule has 190 valence electrons. The van der Waals surface area contributed by atoms with Crippen molar-refractivity contribution in [2.45, 2.75) is 18.3 Å². The van der Waals surface area contributed by atoms with Crippen LogP contribution in [0.4, 0.5) is 0 Å². The fourth-order valence-corrected chi connectivity index (χ4v) is 3.63. The summed E-state index contributed by atoms with van der Waals surface area (Å²) in [4.78, 5) is 38.9. The van der Waals surface area contributed by atoms with Crippen LogP contribution in [-0.4, -0.2) is 55.0 Å². The van der Waals surface area contributed by atoms with Gasteiger partial charge in [0.15, 0.2) is 12.2 Å². The summed E-state index contributed by atoms with van der Waals surface area (Å²) in [5, 5.41) is 10.0. The topological polar surface area (TPSA) is 118 Å². The lowest BCUT2D eigenvalue weighted by atomic mass is 10.0. The highest BCUT2D eigenvalue weighted by Crippen LogP contribution is 2.32. The number of methoxy groups -OCH3 is 1. The van der Waals surface area contributed by atoms with Crippen LogP contribution in [0.2, 0.25) is 0 Å². The molecule has 3 aromatic carbocycles. The summed E-state index contributed by atoms with van der Waals surface area (Å²) in [7, 11) is 1.26. The Morgan fingerprint density at radius 1 is 0.730 bits per heavy atom. The molecule has 9 nitrogen and oxygen atoms in total. The summed E-state index contributed by atoms with van der Waals surface area (Å²) >= 11 is 0. The second-order valence-electron chi connectivity index (χ2n) is 7.88. The first-order valence-electron chi connectivity index (χ1n) is 11.4. The number of rotatable bonds is 8. The highest BCUT2D eigenvalue weighted by Gasteiger charge is 2.48. The van der Waals surface area contributed by atoms with E-state index in [9.17, 15) is 19.5 Å². The van der Waals surface area contributed by atoms with Crippen LogP contribution in [-0.2, 0) is 23.7 Å². The van der Waals surface area contributed by atoms with Crippen molar-refractivity contribution in [3.8, 4) is 0 Å². The monoisotopic (exact) mass is 504 g/mol. The Hall–Kier alpha value is -4.63. The minimum absolute atomic E-state index is 0.204. The summed E-state index contributed by atoms with van der Waals surface area (Å²) in [5.74, 6) is -2.96. The first kappa shape index (κ1) is 25.5. The third-order valence-corrected chi connectivity index (χ3v) is 5.46. The minimum atomic E-state index is -1.49.